The highest BCUT2D eigenvalue weighted by atomic mass is 35.5. The van der Waals surface area contributed by atoms with Crippen LogP contribution in [0.25, 0.3) is 18.2 Å². The Bertz CT molecular complexity index is 506. The van der Waals surface area contributed by atoms with Crippen molar-refractivity contribution < 1.29 is 0 Å². The lowest BCUT2D eigenvalue weighted by molar-refractivity contribution is 1.66. The molecule has 0 unspecified atom stereocenters. The maximum absolute atomic E-state index is 5.82. The molecule has 80 valence electrons. The van der Waals surface area contributed by atoms with Gasteiger partial charge in [-0.15, -0.1) is 0 Å². The average molecular weight is 247 g/mol. The Morgan fingerprint density at radius 3 is 2.38 bits per heavy atom. The van der Waals surface area contributed by atoms with Crippen molar-refractivity contribution in [3.05, 3.63) is 63.3 Å². The van der Waals surface area contributed by atoms with Gasteiger partial charge in [0.1, 0.15) is 0 Å². The summed E-state index contributed by atoms with van der Waals surface area (Å²) in [5, 5.41) is 4.97. The van der Waals surface area contributed by atoms with E-state index < -0.39 is 0 Å². The van der Waals surface area contributed by atoms with Crippen LogP contribution in [0.4, 0.5) is 0 Å². The Balaban J connectivity index is 2.21. The number of hydrogen-bond acceptors (Lipinski definition) is 1. The van der Waals surface area contributed by atoms with E-state index in [0.29, 0.717) is 0 Å². The highest BCUT2D eigenvalue weighted by Gasteiger charge is 1.95. The highest BCUT2D eigenvalue weighted by molar-refractivity contribution is 7.08. The Labute approximate surface area is 105 Å². The molecule has 0 saturated carbocycles. The Hall–Kier alpha value is -1.31. The zero-order valence-corrected chi connectivity index (χ0v) is 10.3. The maximum Gasteiger partial charge on any atom is 0.0406 e. The van der Waals surface area contributed by atoms with Crippen LogP contribution in [-0.4, -0.2) is 0 Å². The quantitative estimate of drug-likeness (QED) is 0.697. The maximum atomic E-state index is 5.82. The first-order valence-electron chi connectivity index (χ1n) is 4.92. The van der Waals surface area contributed by atoms with Crippen LogP contribution in [0.1, 0.15) is 16.7 Å². The van der Waals surface area contributed by atoms with Crippen molar-refractivity contribution in [3.8, 4) is 0 Å². The van der Waals surface area contributed by atoms with E-state index in [9.17, 15) is 0 Å². The summed E-state index contributed by atoms with van der Waals surface area (Å²) in [5.41, 5.74) is 3.52. The molecular formula is C14H11ClS. The van der Waals surface area contributed by atoms with Crippen molar-refractivity contribution in [1.82, 2.24) is 0 Å². The zero-order valence-electron chi connectivity index (χ0n) is 8.69. The highest BCUT2D eigenvalue weighted by Crippen LogP contribution is 2.19. The summed E-state index contributed by atoms with van der Waals surface area (Å²) in [6.45, 7) is 3.79. The molecule has 2 aromatic rings. The largest absolute Gasteiger partial charge is 0.151 e. The minimum Gasteiger partial charge on any atom is -0.151 e. The van der Waals surface area contributed by atoms with Gasteiger partial charge in [0.25, 0.3) is 0 Å². The van der Waals surface area contributed by atoms with Gasteiger partial charge in [0.05, 0.1) is 0 Å². The third kappa shape index (κ3) is 2.63. The van der Waals surface area contributed by atoms with E-state index in [1.54, 1.807) is 11.3 Å². The van der Waals surface area contributed by atoms with Gasteiger partial charge >= 0.3 is 0 Å². The van der Waals surface area contributed by atoms with E-state index in [1.807, 2.05) is 30.3 Å². The van der Waals surface area contributed by atoms with E-state index in [2.05, 4.69) is 29.5 Å². The molecule has 0 atom stereocenters. The normalized spacial score (nSPS) is 10.8. The Kier molecular flexibility index (Phi) is 3.60. The second-order valence-electron chi connectivity index (χ2n) is 3.37. The molecule has 0 amide bonds. The van der Waals surface area contributed by atoms with Gasteiger partial charge in [-0.1, -0.05) is 48.5 Å². The predicted octanol–water partition coefficient (Wildman–Crippen LogP) is 5.21. The molecule has 0 aliphatic heterocycles. The van der Waals surface area contributed by atoms with Crippen molar-refractivity contribution in [3.63, 3.8) is 0 Å². The molecule has 1 aromatic heterocycles. The topological polar surface area (TPSA) is 0 Å². The summed E-state index contributed by atoms with van der Waals surface area (Å²) in [6.07, 6.45) is 6.04. The van der Waals surface area contributed by atoms with Crippen molar-refractivity contribution in [2.24, 2.45) is 0 Å². The van der Waals surface area contributed by atoms with Crippen LogP contribution in [0.2, 0.25) is 5.02 Å². The van der Waals surface area contributed by atoms with Crippen molar-refractivity contribution >= 4 is 41.2 Å². The fraction of sp³-hybridized carbons (Fsp3) is 0. The fourth-order valence-corrected chi connectivity index (χ4v) is 2.31. The van der Waals surface area contributed by atoms with Gasteiger partial charge in [-0.2, -0.15) is 11.3 Å². The fourth-order valence-electron chi connectivity index (χ4n) is 1.38. The molecule has 0 radical (unpaired) electrons. The molecule has 2 heteroatoms. The van der Waals surface area contributed by atoms with Crippen molar-refractivity contribution in [2.75, 3.05) is 0 Å². The van der Waals surface area contributed by atoms with Crippen LogP contribution in [0.3, 0.4) is 0 Å². The van der Waals surface area contributed by atoms with Crippen molar-refractivity contribution in [1.29, 1.82) is 0 Å². The number of hydrogen-bond donors (Lipinski definition) is 0. The van der Waals surface area contributed by atoms with Gasteiger partial charge in [-0.3, -0.25) is 0 Å². The summed E-state index contributed by atoms with van der Waals surface area (Å²) in [4.78, 5) is 0. The molecule has 0 aliphatic carbocycles. The lowest BCUT2D eigenvalue weighted by Crippen LogP contribution is -1.72. The summed E-state index contributed by atoms with van der Waals surface area (Å²) in [7, 11) is 0. The number of thiophene rings is 1. The first kappa shape index (κ1) is 11.2. The molecule has 0 bridgehead atoms. The lowest BCUT2D eigenvalue weighted by atomic mass is 10.1. The lowest BCUT2D eigenvalue weighted by Gasteiger charge is -1.94. The smallest absolute Gasteiger partial charge is 0.0406 e. The van der Waals surface area contributed by atoms with Crippen LogP contribution in [0.5, 0.6) is 0 Å². The number of benzene rings is 1. The Morgan fingerprint density at radius 1 is 1.00 bits per heavy atom. The minimum atomic E-state index is 0.763. The number of rotatable bonds is 3. The Morgan fingerprint density at radius 2 is 1.69 bits per heavy atom. The SMILES string of the molecule is C=Cc1cscc1/C=C\c1ccc(Cl)cc1. The second kappa shape index (κ2) is 5.15. The molecule has 0 N–H and O–H groups in total. The molecule has 0 saturated heterocycles. The molecule has 2 rings (SSSR count). The molecule has 0 fully saturated rings. The van der Waals surface area contributed by atoms with E-state index in [1.165, 1.54) is 11.1 Å². The van der Waals surface area contributed by atoms with E-state index in [4.69, 9.17) is 11.6 Å². The van der Waals surface area contributed by atoms with E-state index in [-0.39, 0.29) is 0 Å². The number of halogens is 1. The molecule has 0 aliphatic rings. The predicted molar refractivity (Wildman–Crippen MR) is 74.8 cm³/mol. The third-order valence-electron chi connectivity index (χ3n) is 2.27. The van der Waals surface area contributed by atoms with Crippen molar-refractivity contribution in [2.45, 2.75) is 0 Å². The summed E-state index contributed by atoms with van der Waals surface area (Å²) in [6, 6.07) is 7.78. The van der Waals surface area contributed by atoms with Gasteiger partial charge in [-0.25, -0.2) is 0 Å². The van der Waals surface area contributed by atoms with Crippen LogP contribution in [-0.2, 0) is 0 Å². The van der Waals surface area contributed by atoms with Crippen LogP contribution in [0.15, 0.2) is 41.6 Å². The third-order valence-corrected chi connectivity index (χ3v) is 3.30. The molecule has 0 nitrogen and oxygen atoms in total. The van der Waals surface area contributed by atoms with Crippen LogP contribution in [0, 0.1) is 0 Å². The summed E-state index contributed by atoms with van der Waals surface area (Å²) in [5.74, 6) is 0. The summed E-state index contributed by atoms with van der Waals surface area (Å²) < 4.78 is 0. The molecular weight excluding hydrogens is 236 g/mol. The van der Waals surface area contributed by atoms with Gasteiger partial charge in [0, 0.05) is 5.02 Å². The standard InChI is InChI=1S/C14H11ClS/c1-2-12-9-16-10-13(12)6-3-11-4-7-14(15)8-5-11/h2-10H,1H2/b6-3-. The first-order chi connectivity index (χ1) is 7.79. The first-order valence-corrected chi connectivity index (χ1v) is 6.24. The van der Waals surface area contributed by atoms with Gasteiger partial charge in [0.15, 0.2) is 0 Å². The molecule has 1 heterocycles. The van der Waals surface area contributed by atoms with Gasteiger partial charge in [0.2, 0.25) is 0 Å². The summed E-state index contributed by atoms with van der Waals surface area (Å²) >= 11 is 7.51. The van der Waals surface area contributed by atoms with Gasteiger partial charge < -0.3 is 0 Å². The molecule has 1 aromatic carbocycles. The zero-order chi connectivity index (χ0) is 11.4. The van der Waals surface area contributed by atoms with Gasteiger partial charge in [-0.05, 0) is 39.6 Å². The minimum absolute atomic E-state index is 0.763. The van der Waals surface area contributed by atoms with E-state index in [0.717, 1.165) is 10.6 Å². The van der Waals surface area contributed by atoms with Crippen LogP contribution < -0.4 is 0 Å². The average Bonchev–Trinajstić information content (AvgIpc) is 2.76. The second-order valence-corrected chi connectivity index (χ2v) is 4.55. The monoisotopic (exact) mass is 246 g/mol. The molecule has 16 heavy (non-hydrogen) atoms. The van der Waals surface area contributed by atoms with E-state index >= 15 is 0 Å². The van der Waals surface area contributed by atoms with Crippen LogP contribution >= 0.6 is 22.9 Å². The molecule has 0 spiro atoms.